The molecule has 3 heteroatoms. The Balaban J connectivity index is 2.28. The lowest BCUT2D eigenvalue weighted by Crippen LogP contribution is -2.38. The first-order valence-electron chi connectivity index (χ1n) is 5.84. The van der Waals surface area contributed by atoms with E-state index in [0.717, 1.165) is 30.8 Å². The largest absolute Gasteiger partial charge is 0.399 e. The number of hydrogen-bond donors (Lipinski definition) is 1. The van der Waals surface area contributed by atoms with Gasteiger partial charge in [-0.15, -0.1) is 0 Å². The SMILES string of the molecule is CCN1CCCC(=O)C1c1ccc(N)cc1. The van der Waals surface area contributed by atoms with E-state index in [9.17, 15) is 4.79 Å². The van der Waals surface area contributed by atoms with Crippen molar-refractivity contribution in [1.82, 2.24) is 4.90 Å². The average molecular weight is 218 g/mol. The third-order valence-electron chi connectivity index (χ3n) is 3.20. The van der Waals surface area contributed by atoms with E-state index in [0.29, 0.717) is 12.2 Å². The summed E-state index contributed by atoms with van der Waals surface area (Å²) in [7, 11) is 0. The van der Waals surface area contributed by atoms with Crippen LogP contribution < -0.4 is 5.73 Å². The third-order valence-corrected chi connectivity index (χ3v) is 3.20. The molecule has 0 radical (unpaired) electrons. The van der Waals surface area contributed by atoms with E-state index in [4.69, 9.17) is 5.73 Å². The molecule has 86 valence electrons. The monoisotopic (exact) mass is 218 g/mol. The summed E-state index contributed by atoms with van der Waals surface area (Å²) in [5.41, 5.74) is 7.48. The molecule has 2 N–H and O–H groups in total. The first-order chi connectivity index (χ1) is 7.72. The summed E-state index contributed by atoms with van der Waals surface area (Å²) in [6.07, 6.45) is 1.68. The van der Waals surface area contributed by atoms with Crippen molar-refractivity contribution in [2.45, 2.75) is 25.8 Å². The van der Waals surface area contributed by atoms with Crippen LogP contribution in [0.15, 0.2) is 24.3 Å². The van der Waals surface area contributed by atoms with E-state index < -0.39 is 0 Å². The first-order valence-corrected chi connectivity index (χ1v) is 5.84. The summed E-state index contributed by atoms with van der Waals surface area (Å²) < 4.78 is 0. The highest BCUT2D eigenvalue weighted by Gasteiger charge is 2.29. The van der Waals surface area contributed by atoms with Gasteiger partial charge in [0.1, 0.15) is 0 Å². The molecular formula is C13H18N2O. The van der Waals surface area contributed by atoms with Crippen molar-refractivity contribution in [3.05, 3.63) is 29.8 Å². The van der Waals surface area contributed by atoms with Crippen molar-refractivity contribution >= 4 is 11.5 Å². The van der Waals surface area contributed by atoms with Gasteiger partial charge in [-0.25, -0.2) is 0 Å². The highest BCUT2D eigenvalue weighted by Crippen LogP contribution is 2.28. The van der Waals surface area contributed by atoms with Crippen LogP contribution in [0.5, 0.6) is 0 Å². The number of nitrogens with zero attached hydrogens (tertiary/aromatic N) is 1. The Morgan fingerprint density at radius 1 is 1.38 bits per heavy atom. The molecule has 0 amide bonds. The number of likely N-dealkylation sites (tertiary alicyclic amines) is 1. The van der Waals surface area contributed by atoms with Crippen molar-refractivity contribution in [1.29, 1.82) is 0 Å². The quantitative estimate of drug-likeness (QED) is 0.772. The van der Waals surface area contributed by atoms with E-state index in [1.165, 1.54) is 0 Å². The summed E-state index contributed by atoms with van der Waals surface area (Å²) in [5, 5.41) is 0. The average Bonchev–Trinajstić information content (AvgIpc) is 2.30. The number of likely N-dealkylation sites (N-methyl/N-ethyl adjacent to an activating group) is 1. The number of benzene rings is 1. The second-order valence-corrected chi connectivity index (χ2v) is 4.27. The van der Waals surface area contributed by atoms with Crippen LogP contribution in [0, 0.1) is 0 Å². The van der Waals surface area contributed by atoms with Crippen LogP contribution in [-0.4, -0.2) is 23.8 Å². The Morgan fingerprint density at radius 3 is 2.69 bits per heavy atom. The minimum Gasteiger partial charge on any atom is -0.399 e. The van der Waals surface area contributed by atoms with Gasteiger partial charge < -0.3 is 5.73 Å². The third kappa shape index (κ3) is 2.09. The lowest BCUT2D eigenvalue weighted by atomic mass is 9.94. The second-order valence-electron chi connectivity index (χ2n) is 4.27. The van der Waals surface area contributed by atoms with Crippen LogP contribution in [0.1, 0.15) is 31.4 Å². The van der Waals surface area contributed by atoms with E-state index in [-0.39, 0.29) is 6.04 Å². The summed E-state index contributed by atoms with van der Waals surface area (Å²) in [5.74, 6) is 0.331. The number of hydrogen-bond acceptors (Lipinski definition) is 3. The zero-order valence-electron chi connectivity index (χ0n) is 9.65. The van der Waals surface area contributed by atoms with E-state index in [1.54, 1.807) is 0 Å². The van der Waals surface area contributed by atoms with Gasteiger partial charge in [-0.3, -0.25) is 9.69 Å². The normalized spacial score (nSPS) is 22.3. The maximum Gasteiger partial charge on any atom is 0.154 e. The van der Waals surface area contributed by atoms with Gasteiger partial charge in [-0.1, -0.05) is 19.1 Å². The molecule has 0 aliphatic carbocycles. The smallest absolute Gasteiger partial charge is 0.154 e. The topological polar surface area (TPSA) is 46.3 Å². The summed E-state index contributed by atoms with van der Waals surface area (Å²) in [6.45, 7) is 4.03. The Hall–Kier alpha value is -1.35. The van der Waals surface area contributed by atoms with Gasteiger partial charge >= 0.3 is 0 Å². The van der Waals surface area contributed by atoms with Crippen molar-refractivity contribution in [2.75, 3.05) is 18.8 Å². The number of piperidine rings is 1. The Bertz CT molecular complexity index is 372. The molecule has 1 aliphatic heterocycles. The second kappa shape index (κ2) is 4.66. The fourth-order valence-electron chi connectivity index (χ4n) is 2.34. The van der Waals surface area contributed by atoms with Gasteiger partial charge in [0.05, 0.1) is 6.04 Å². The molecule has 0 spiro atoms. The summed E-state index contributed by atoms with van der Waals surface area (Å²) >= 11 is 0. The Kier molecular flexibility index (Phi) is 3.25. The van der Waals surface area contributed by atoms with E-state index in [2.05, 4.69) is 11.8 Å². The minimum atomic E-state index is -0.0562. The molecule has 3 nitrogen and oxygen atoms in total. The molecule has 0 aromatic heterocycles. The predicted octanol–water partition coefficient (Wildman–Crippen LogP) is 1.99. The number of Topliss-reactive ketones (excluding diaryl/α,β-unsaturated/α-hetero) is 1. The zero-order chi connectivity index (χ0) is 11.5. The van der Waals surface area contributed by atoms with Gasteiger partial charge in [0.2, 0.25) is 0 Å². The standard InChI is InChI=1S/C13H18N2O/c1-2-15-9-3-4-12(16)13(15)10-5-7-11(14)8-6-10/h5-8,13H,2-4,9,14H2,1H3. The lowest BCUT2D eigenvalue weighted by molar-refractivity contribution is -0.127. The van der Waals surface area contributed by atoms with Gasteiger partial charge in [0.25, 0.3) is 0 Å². The fourth-order valence-corrected chi connectivity index (χ4v) is 2.34. The van der Waals surface area contributed by atoms with Crippen molar-refractivity contribution < 1.29 is 4.79 Å². The fraction of sp³-hybridized carbons (Fsp3) is 0.462. The maximum absolute atomic E-state index is 12.0. The number of carbonyl (C=O) groups is 1. The number of carbonyl (C=O) groups excluding carboxylic acids is 1. The van der Waals surface area contributed by atoms with E-state index >= 15 is 0 Å². The highest BCUT2D eigenvalue weighted by atomic mass is 16.1. The van der Waals surface area contributed by atoms with Gasteiger partial charge in [0.15, 0.2) is 5.78 Å². The van der Waals surface area contributed by atoms with Crippen LogP contribution in [0.25, 0.3) is 0 Å². The number of anilines is 1. The molecule has 1 aromatic rings. The Morgan fingerprint density at radius 2 is 2.06 bits per heavy atom. The van der Waals surface area contributed by atoms with Crippen molar-refractivity contribution in [3.8, 4) is 0 Å². The van der Waals surface area contributed by atoms with Gasteiger partial charge in [-0.05, 0) is 37.2 Å². The summed E-state index contributed by atoms with van der Waals surface area (Å²) in [4.78, 5) is 14.2. The minimum absolute atomic E-state index is 0.0562. The lowest BCUT2D eigenvalue weighted by Gasteiger charge is -2.33. The first kappa shape index (κ1) is 11.1. The molecular weight excluding hydrogens is 200 g/mol. The molecule has 2 rings (SSSR count). The molecule has 1 saturated heterocycles. The molecule has 1 aliphatic rings. The number of nitrogen functional groups attached to an aromatic ring is 1. The zero-order valence-corrected chi connectivity index (χ0v) is 9.65. The van der Waals surface area contributed by atoms with E-state index in [1.807, 2.05) is 24.3 Å². The number of rotatable bonds is 2. The van der Waals surface area contributed by atoms with Crippen LogP contribution in [0.4, 0.5) is 5.69 Å². The van der Waals surface area contributed by atoms with Crippen molar-refractivity contribution in [3.63, 3.8) is 0 Å². The van der Waals surface area contributed by atoms with Gasteiger partial charge in [-0.2, -0.15) is 0 Å². The predicted molar refractivity (Wildman–Crippen MR) is 65.1 cm³/mol. The molecule has 1 unspecified atom stereocenters. The Labute approximate surface area is 96.2 Å². The molecule has 1 aromatic carbocycles. The molecule has 1 atom stereocenters. The molecule has 1 fully saturated rings. The molecule has 16 heavy (non-hydrogen) atoms. The molecule has 1 heterocycles. The number of ketones is 1. The van der Waals surface area contributed by atoms with Crippen LogP contribution in [0.3, 0.4) is 0 Å². The van der Waals surface area contributed by atoms with Crippen LogP contribution >= 0.6 is 0 Å². The maximum atomic E-state index is 12.0. The molecule has 0 saturated carbocycles. The van der Waals surface area contributed by atoms with Crippen molar-refractivity contribution in [2.24, 2.45) is 0 Å². The van der Waals surface area contributed by atoms with Crippen LogP contribution in [-0.2, 0) is 4.79 Å². The highest BCUT2D eigenvalue weighted by molar-refractivity contribution is 5.86. The van der Waals surface area contributed by atoms with Crippen LogP contribution in [0.2, 0.25) is 0 Å². The number of nitrogens with two attached hydrogens (primary N) is 1. The van der Waals surface area contributed by atoms with Gasteiger partial charge in [0, 0.05) is 12.1 Å². The molecule has 0 bridgehead atoms. The summed E-state index contributed by atoms with van der Waals surface area (Å²) in [6, 6.07) is 7.60.